The fourth-order valence-corrected chi connectivity index (χ4v) is 3.98. The zero-order valence-corrected chi connectivity index (χ0v) is 11.9. The molecule has 1 aromatic heterocycles. The van der Waals surface area contributed by atoms with Crippen LogP contribution in [0.2, 0.25) is 0 Å². The Morgan fingerprint density at radius 1 is 1.25 bits per heavy atom. The molecule has 1 aliphatic heterocycles. The van der Waals surface area contributed by atoms with Crippen molar-refractivity contribution in [2.75, 3.05) is 13.1 Å². The normalized spacial score (nSPS) is 22.1. The first-order chi connectivity index (χ1) is 9.56. The van der Waals surface area contributed by atoms with Gasteiger partial charge in [-0.25, -0.2) is 22.5 Å². The topological polar surface area (TPSA) is 62.3 Å². The van der Waals surface area contributed by atoms with Gasteiger partial charge in [0.2, 0.25) is 5.03 Å². The molecule has 0 aromatic carbocycles. The highest BCUT2D eigenvalue weighted by atomic mass is 32.2. The predicted molar refractivity (Wildman–Crippen MR) is 72.1 cm³/mol. The quantitative estimate of drug-likeness (QED) is 0.905. The summed E-state index contributed by atoms with van der Waals surface area (Å²) in [5.74, 6) is -0.810. The van der Waals surface area contributed by atoms with E-state index in [1.54, 1.807) is 0 Å². The largest absolute Gasteiger partial charge is 0.300 e. The van der Waals surface area contributed by atoms with Crippen LogP contribution >= 0.6 is 0 Å². The monoisotopic (exact) mass is 299 g/mol. The van der Waals surface area contributed by atoms with Crippen molar-refractivity contribution < 1.29 is 12.8 Å². The summed E-state index contributed by atoms with van der Waals surface area (Å²) in [5.41, 5.74) is 0. The van der Waals surface area contributed by atoms with Gasteiger partial charge in [0.25, 0.3) is 10.0 Å². The second kappa shape index (κ2) is 5.38. The summed E-state index contributed by atoms with van der Waals surface area (Å²) in [6.07, 6.45) is 5.34. The molecular weight excluding hydrogens is 281 g/mol. The van der Waals surface area contributed by atoms with E-state index in [4.69, 9.17) is 0 Å². The Morgan fingerprint density at radius 3 is 2.55 bits per heavy atom. The van der Waals surface area contributed by atoms with E-state index in [0.29, 0.717) is 6.04 Å². The molecule has 1 saturated heterocycles. The van der Waals surface area contributed by atoms with Crippen molar-refractivity contribution in [3.05, 3.63) is 24.1 Å². The number of pyridine rings is 1. The lowest BCUT2D eigenvalue weighted by Gasteiger charge is -2.32. The summed E-state index contributed by atoms with van der Waals surface area (Å²) in [5, 5.41) is -0.510. The number of hydrogen-bond donors (Lipinski definition) is 1. The molecule has 110 valence electrons. The third-order valence-electron chi connectivity index (χ3n) is 3.89. The van der Waals surface area contributed by atoms with Crippen molar-refractivity contribution in [2.24, 2.45) is 0 Å². The molecule has 2 aliphatic rings. The number of halogens is 1. The number of hydrogen-bond acceptors (Lipinski definition) is 4. The summed E-state index contributed by atoms with van der Waals surface area (Å²) in [4.78, 5) is 6.04. The van der Waals surface area contributed by atoms with Crippen LogP contribution in [0.3, 0.4) is 0 Å². The van der Waals surface area contributed by atoms with Crippen molar-refractivity contribution in [3.63, 3.8) is 0 Å². The second-order valence-electron chi connectivity index (χ2n) is 5.45. The van der Waals surface area contributed by atoms with Gasteiger partial charge in [-0.05, 0) is 50.9 Å². The molecule has 0 unspecified atom stereocenters. The molecule has 1 aromatic rings. The first-order valence-corrected chi connectivity index (χ1v) is 8.41. The fourth-order valence-electron chi connectivity index (χ4n) is 2.67. The Kier molecular flexibility index (Phi) is 3.74. The number of nitrogens with one attached hydrogen (secondary N) is 1. The summed E-state index contributed by atoms with van der Waals surface area (Å²) in [6, 6.07) is 3.07. The fraction of sp³-hybridized carbons (Fsp3) is 0.615. The molecule has 0 atom stereocenters. The molecule has 0 radical (unpaired) electrons. The zero-order valence-electron chi connectivity index (χ0n) is 11.1. The van der Waals surface area contributed by atoms with Crippen LogP contribution in [0.15, 0.2) is 23.4 Å². The van der Waals surface area contributed by atoms with Crippen LogP contribution in [0.25, 0.3) is 0 Å². The molecule has 7 heteroatoms. The minimum atomic E-state index is -3.87. The van der Waals surface area contributed by atoms with Crippen LogP contribution in [0.4, 0.5) is 4.39 Å². The Labute approximate surface area is 118 Å². The van der Waals surface area contributed by atoms with Gasteiger partial charge in [0.15, 0.2) is 5.82 Å². The molecule has 2 heterocycles. The zero-order chi connectivity index (χ0) is 14.2. The van der Waals surface area contributed by atoms with Crippen LogP contribution in [0, 0.1) is 5.82 Å². The van der Waals surface area contributed by atoms with E-state index < -0.39 is 20.9 Å². The number of rotatable bonds is 4. The molecule has 1 N–H and O–H groups in total. The minimum Gasteiger partial charge on any atom is -0.300 e. The van der Waals surface area contributed by atoms with E-state index in [9.17, 15) is 12.8 Å². The van der Waals surface area contributed by atoms with Crippen molar-refractivity contribution in [3.8, 4) is 0 Å². The van der Waals surface area contributed by atoms with Gasteiger partial charge < -0.3 is 4.90 Å². The lowest BCUT2D eigenvalue weighted by molar-refractivity contribution is 0.198. The summed E-state index contributed by atoms with van der Waals surface area (Å²) in [7, 11) is -3.87. The van der Waals surface area contributed by atoms with Crippen molar-refractivity contribution in [1.82, 2.24) is 14.6 Å². The average molecular weight is 299 g/mol. The Hall–Kier alpha value is -1.05. The maximum atomic E-state index is 13.5. The predicted octanol–water partition coefficient (Wildman–Crippen LogP) is 1.13. The highest BCUT2D eigenvalue weighted by molar-refractivity contribution is 7.89. The maximum Gasteiger partial charge on any atom is 0.261 e. The van der Waals surface area contributed by atoms with E-state index in [1.807, 2.05) is 0 Å². The van der Waals surface area contributed by atoms with Gasteiger partial charge in [-0.1, -0.05) is 0 Å². The number of sulfonamides is 1. The number of piperidine rings is 1. The molecule has 1 saturated carbocycles. The van der Waals surface area contributed by atoms with Crippen molar-refractivity contribution in [2.45, 2.75) is 42.8 Å². The second-order valence-corrected chi connectivity index (χ2v) is 7.08. The van der Waals surface area contributed by atoms with Crippen molar-refractivity contribution in [1.29, 1.82) is 0 Å². The Bertz CT molecular complexity index is 581. The van der Waals surface area contributed by atoms with Crippen LogP contribution in [0.5, 0.6) is 0 Å². The van der Waals surface area contributed by atoms with Crippen LogP contribution in [-0.2, 0) is 10.0 Å². The summed E-state index contributed by atoms with van der Waals surface area (Å²) < 4.78 is 40.3. The molecule has 3 rings (SSSR count). The van der Waals surface area contributed by atoms with Gasteiger partial charge in [-0.15, -0.1) is 0 Å². The first kappa shape index (κ1) is 13.9. The van der Waals surface area contributed by atoms with E-state index in [1.165, 1.54) is 25.1 Å². The highest BCUT2D eigenvalue weighted by Gasteiger charge is 2.33. The lowest BCUT2D eigenvalue weighted by Crippen LogP contribution is -2.45. The third-order valence-corrected chi connectivity index (χ3v) is 5.35. The maximum absolute atomic E-state index is 13.5. The van der Waals surface area contributed by atoms with E-state index in [2.05, 4.69) is 14.6 Å². The first-order valence-electron chi connectivity index (χ1n) is 6.93. The SMILES string of the molecule is O=S(=O)(NC1CCN(C2CC2)CC1)c1ncccc1F. The third kappa shape index (κ3) is 2.99. The van der Waals surface area contributed by atoms with Gasteiger partial charge in [0.05, 0.1) is 0 Å². The van der Waals surface area contributed by atoms with Crippen LogP contribution in [0.1, 0.15) is 25.7 Å². The molecule has 0 spiro atoms. The van der Waals surface area contributed by atoms with Gasteiger partial charge in [0.1, 0.15) is 0 Å². The van der Waals surface area contributed by atoms with Gasteiger partial charge in [-0.2, -0.15) is 0 Å². The standard InChI is InChI=1S/C13H18FN3O2S/c14-12-2-1-7-15-13(12)20(18,19)16-10-5-8-17(9-6-10)11-3-4-11/h1-2,7,10-11,16H,3-6,8-9H2. The average Bonchev–Trinajstić information content (AvgIpc) is 3.24. The van der Waals surface area contributed by atoms with E-state index >= 15 is 0 Å². The van der Waals surface area contributed by atoms with Crippen molar-refractivity contribution >= 4 is 10.0 Å². The van der Waals surface area contributed by atoms with E-state index in [-0.39, 0.29) is 6.04 Å². The molecule has 0 bridgehead atoms. The van der Waals surface area contributed by atoms with Crippen LogP contribution < -0.4 is 4.72 Å². The Balaban J connectivity index is 1.64. The molecule has 0 amide bonds. The molecule has 2 fully saturated rings. The van der Waals surface area contributed by atoms with Crippen LogP contribution in [-0.4, -0.2) is 43.5 Å². The summed E-state index contributed by atoms with van der Waals surface area (Å²) >= 11 is 0. The highest BCUT2D eigenvalue weighted by Crippen LogP contribution is 2.29. The number of aromatic nitrogens is 1. The van der Waals surface area contributed by atoms with Gasteiger partial charge in [0, 0.05) is 18.3 Å². The minimum absolute atomic E-state index is 0.128. The summed E-state index contributed by atoms with van der Waals surface area (Å²) in [6.45, 7) is 1.81. The van der Waals surface area contributed by atoms with E-state index in [0.717, 1.165) is 32.0 Å². The van der Waals surface area contributed by atoms with Gasteiger partial charge >= 0.3 is 0 Å². The smallest absolute Gasteiger partial charge is 0.261 e. The molecule has 5 nitrogen and oxygen atoms in total. The Morgan fingerprint density at radius 2 is 1.95 bits per heavy atom. The molecule has 20 heavy (non-hydrogen) atoms. The lowest BCUT2D eigenvalue weighted by atomic mass is 10.1. The number of nitrogens with zero attached hydrogens (tertiary/aromatic N) is 2. The molecule has 1 aliphatic carbocycles. The van der Waals surface area contributed by atoms with Gasteiger partial charge in [-0.3, -0.25) is 0 Å². The molecular formula is C13H18FN3O2S. The number of likely N-dealkylation sites (tertiary alicyclic amines) is 1.